The summed E-state index contributed by atoms with van der Waals surface area (Å²) >= 11 is 0.990. The number of carbonyl (C=O) groups is 2. The fourth-order valence-corrected chi connectivity index (χ4v) is 2.07. The molecule has 1 unspecified atom stereocenters. The first-order valence-corrected chi connectivity index (χ1v) is 5.88. The van der Waals surface area contributed by atoms with E-state index in [-0.39, 0.29) is 11.1 Å². The maximum absolute atomic E-state index is 11.5. The zero-order valence-corrected chi connectivity index (χ0v) is 10.3. The summed E-state index contributed by atoms with van der Waals surface area (Å²) in [5.74, 6) is 0.0379. The average molecular weight is 230 g/mol. The molecule has 86 valence electrons. The molecule has 0 amide bonds. The summed E-state index contributed by atoms with van der Waals surface area (Å²) in [7, 11) is 0. The molecule has 0 radical (unpaired) electrons. The van der Waals surface area contributed by atoms with Crippen molar-refractivity contribution in [2.75, 3.05) is 6.61 Å². The van der Waals surface area contributed by atoms with Crippen molar-refractivity contribution < 1.29 is 14.3 Å². The van der Waals surface area contributed by atoms with E-state index in [1.165, 1.54) is 6.08 Å². The van der Waals surface area contributed by atoms with Crippen LogP contribution in [0.1, 0.15) is 27.2 Å². The van der Waals surface area contributed by atoms with Gasteiger partial charge in [-0.1, -0.05) is 32.2 Å². The first kappa shape index (κ1) is 14.2. The van der Waals surface area contributed by atoms with Crippen molar-refractivity contribution in [2.24, 2.45) is 5.92 Å². The monoisotopic (exact) mass is 230 g/mol. The highest BCUT2D eigenvalue weighted by Gasteiger charge is 2.23. The van der Waals surface area contributed by atoms with E-state index in [0.29, 0.717) is 18.9 Å². The van der Waals surface area contributed by atoms with Crippen LogP contribution in [0, 0.1) is 5.92 Å². The molecule has 0 N–H and O–H groups in total. The van der Waals surface area contributed by atoms with Crippen molar-refractivity contribution in [3.05, 3.63) is 12.7 Å². The normalized spacial score (nSPS) is 12.3. The molecule has 0 saturated heterocycles. The van der Waals surface area contributed by atoms with E-state index >= 15 is 0 Å². The number of hydrogen-bond acceptors (Lipinski definition) is 4. The highest BCUT2D eigenvalue weighted by Crippen LogP contribution is 2.21. The highest BCUT2D eigenvalue weighted by molar-refractivity contribution is 8.15. The van der Waals surface area contributed by atoms with Crippen molar-refractivity contribution in [1.29, 1.82) is 0 Å². The van der Waals surface area contributed by atoms with Crippen LogP contribution < -0.4 is 0 Å². The smallest absolute Gasteiger partial charge is 0.319 e. The Morgan fingerprint density at radius 1 is 1.47 bits per heavy atom. The van der Waals surface area contributed by atoms with Gasteiger partial charge in [-0.3, -0.25) is 9.59 Å². The van der Waals surface area contributed by atoms with Crippen LogP contribution in [0.4, 0.5) is 0 Å². The second kappa shape index (κ2) is 7.51. The van der Waals surface area contributed by atoms with Gasteiger partial charge in [-0.25, -0.2) is 0 Å². The lowest BCUT2D eigenvalue weighted by molar-refractivity contribution is -0.142. The van der Waals surface area contributed by atoms with E-state index in [9.17, 15) is 9.59 Å². The van der Waals surface area contributed by atoms with Crippen LogP contribution in [0.25, 0.3) is 0 Å². The minimum Gasteiger partial charge on any atom is -0.465 e. The van der Waals surface area contributed by atoms with Crippen LogP contribution in [0.15, 0.2) is 12.7 Å². The Bertz CT molecular complexity index is 236. The predicted octanol–water partition coefficient (Wildman–Crippen LogP) is 2.41. The molecule has 0 aromatic rings. The Morgan fingerprint density at radius 2 is 2.07 bits per heavy atom. The van der Waals surface area contributed by atoms with E-state index in [1.807, 2.05) is 13.8 Å². The molecule has 0 aromatic heterocycles. The van der Waals surface area contributed by atoms with Crippen LogP contribution in [0.5, 0.6) is 0 Å². The van der Waals surface area contributed by atoms with E-state index in [1.54, 1.807) is 6.92 Å². The molecule has 0 aliphatic heterocycles. The fourth-order valence-electron chi connectivity index (χ4n) is 1.04. The van der Waals surface area contributed by atoms with Crippen LogP contribution in [-0.4, -0.2) is 22.9 Å². The first-order chi connectivity index (χ1) is 7.01. The molecule has 0 rings (SSSR count). The van der Waals surface area contributed by atoms with Crippen molar-refractivity contribution >= 4 is 22.8 Å². The molecule has 1 atom stereocenters. The fraction of sp³-hybridized carbons (Fsp3) is 0.636. The lowest BCUT2D eigenvalue weighted by Crippen LogP contribution is -2.23. The molecule has 0 saturated carbocycles. The molecule has 0 fully saturated rings. The van der Waals surface area contributed by atoms with Gasteiger partial charge in [-0.2, -0.15) is 0 Å². The Labute approximate surface area is 95.3 Å². The Balaban J connectivity index is 4.35. The maximum atomic E-state index is 11.5. The van der Waals surface area contributed by atoms with E-state index in [0.717, 1.165) is 11.8 Å². The van der Waals surface area contributed by atoms with Crippen LogP contribution in [0.2, 0.25) is 0 Å². The molecule has 4 heteroatoms. The summed E-state index contributed by atoms with van der Waals surface area (Å²) in [6.07, 6.45) is 1.86. The van der Waals surface area contributed by atoms with E-state index in [2.05, 4.69) is 6.58 Å². The lowest BCUT2D eigenvalue weighted by atomic mass is 10.1. The third kappa shape index (κ3) is 6.33. The van der Waals surface area contributed by atoms with Gasteiger partial charge in [0.1, 0.15) is 5.25 Å². The molecule has 3 nitrogen and oxygen atoms in total. The van der Waals surface area contributed by atoms with Gasteiger partial charge in [0.15, 0.2) is 0 Å². The first-order valence-electron chi connectivity index (χ1n) is 5.00. The summed E-state index contributed by atoms with van der Waals surface area (Å²) in [5.41, 5.74) is 0. The van der Waals surface area contributed by atoms with Gasteiger partial charge in [0.05, 0.1) is 6.61 Å². The van der Waals surface area contributed by atoms with Gasteiger partial charge in [-0.15, -0.1) is 0 Å². The standard InChI is InChI=1S/C11H18O3S/c1-5-10(12)15-9(7-8(3)4)11(13)14-6-2/h5,8-9H,1,6-7H2,2-4H3. The number of rotatable bonds is 6. The summed E-state index contributed by atoms with van der Waals surface area (Å²) in [5, 5.41) is -0.593. The molecular weight excluding hydrogens is 212 g/mol. The number of ether oxygens (including phenoxy) is 1. The molecule has 0 aliphatic carbocycles. The quantitative estimate of drug-likeness (QED) is 0.519. The second-order valence-electron chi connectivity index (χ2n) is 3.51. The van der Waals surface area contributed by atoms with E-state index in [4.69, 9.17) is 4.74 Å². The third-order valence-corrected chi connectivity index (χ3v) is 2.73. The number of thioether (sulfide) groups is 1. The predicted molar refractivity (Wildman–Crippen MR) is 62.7 cm³/mol. The van der Waals surface area contributed by atoms with Crippen LogP contribution in [0.3, 0.4) is 0 Å². The van der Waals surface area contributed by atoms with Gasteiger partial charge in [0.25, 0.3) is 0 Å². The minimum absolute atomic E-state index is 0.186. The second-order valence-corrected chi connectivity index (χ2v) is 4.72. The Hall–Kier alpha value is -0.770. The molecular formula is C11H18O3S. The summed E-state index contributed by atoms with van der Waals surface area (Å²) in [6.45, 7) is 9.48. The van der Waals surface area contributed by atoms with Crippen molar-refractivity contribution in [2.45, 2.75) is 32.4 Å². The minimum atomic E-state index is -0.407. The van der Waals surface area contributed by atoms with Gasteiger partial charge in [0.2, 0.25) is 5.12 Å². The van der Waals surface area contributed by atoms with Crippen LogP contribution >= 0.6 is 11.8 Å². The van der Waals surface area contributed by atoms with Gasteiger partial charge < -0.3 is 4.74 Å². The Kier molecular flexibility index (Phi) is 7.13. The highest BCUT2D eigenvalue weighted by atomic mass is 32.2. The number of hydrogen-bond donors (Lipinski definition) is 0. The van der Waals surface area contributed by atoms with Gasteiger partial charge >= 0.3 is 5.97 Å². The van der Waals surface area contributed by atoms with Gasteiger partial charge in [0, 0.05) is 0 Å². The summed E-state index contributed by atoms with van der Waals surface area (Å²) < 4.78 is 4.90. The van der Waals surface area contributed by atoms with Crippen molar-refractivity contribution in [1.82, 2.24) is 0 Å². The lowest BCUT2D eigenvalue weighted by Gasteiger charge is -2.15. The summed E-state index contributed by atoms with van der Waals surface area (Å²) in [4.78, 5) is 22.7. The number of carbonyl (C=O) groups excluding carboxylic acids is 2. The Morgan fingerprint density at radius 3 is 2.47 bits per heavy atom. The van der Waals surface area contributed by atoms with Crippen LogP contribution in [-0.2, 0) is 14.3 Å². The molecule has 0 heterocycles. The SMILES string of the molecule is C=CC(=O)SC(CC(C)C)C(=O)OCC. The largest absolute Gasteiger partial charge is 0.465 e. The third-order valence-electron chi connectivity index (χ3n) is 1.66. The molecule has 0 bridgehead atoms. The zero-order valence-electron chi connectivity index (χ0n) is 9.49. The van der Waals surface area contributed by atoms with Crippen molar-refractivity contribution in [3.8, 4) is 0 Å². The maximum Gasteiger partial charge on any atom is 0.319 e. The van der Waals surface area contributed by atoms with Crippen molar-refractivity contribution in [3.63, 3.8) is 0 Å². The molecule has 0 aromatic carbocycles. The number of esters is 1. The average Bonchev–Trinajstić information content (AvgIpc) is 2.16. The topological polar surface area (TPSA) is 43.4 Å². The molecule has 0 spiro atoms. The molecule has 15 heavy (non-hydrogen) atoms. The summed E-state index contributed by atoms with van der Waals surface area (Å²) in [6, 6.07) is 0. The molecule has 0 aliphatic rings. The van der Waals surface area contributed by atoms with E-state index < -0.39 is 5.25 Å². The van der Waals surface area contributed by atoms with Gasteiger partial charge in [-0.05, 0) is 25.3 Å². The zero-order chi connectivity index (χ0) is 11.8.